The summed E-state index contributed by atoms with van der Waals surface area (Å²) >= 11 is 0. The van der Waals surface area contributed by atoms with Crippen LogP contribution in [-0.2, 0) is 23.7 Å². The Labute approximate surface area is 376 Å². The van der Waals surface area contributed by atoms with E-state index in [1.807, 2.05) is 0 Å². The van der Waals surface area contributed by atoms with Gasteiger partial charge in [0.2, 0.25) is 17.2 Å². The first-order valence-electron chi connectivity index (χ1n) is 19.2. The van der Waals surface area contributed by atoms with Gasteiger partial charge in [-0.3, -0.25) is 9.59 Å². The number of aromatic hydroxyl groups is 11. The van der Waals surface area contributed by atoms with E-state index in [2.05, 4.69) is 0 Å². The summed E-state index contributed by atoms with van der Waals surface area (Å²) in [5.41, 5.74) is -5.40. The number of ether oxygens (including phenoxy) is 5. The second-order valence-corrected chi connectivity index (χ2v) is 15.1. The molecule has 0 amide bonds. The molecule has 6 atom stereocenters. The molecule has 26 heteroatoms. The average Bonchev–Trinajstić information content (AvgIpc) is 3.29. The summed E-state index contributed by atoms with van der Waals surface area (Å²) in [6.45, 7) is -1.18. The number of Topliss-reactive ketones (excluding diaryl/α,β-unsaturated/α-hetero) is 1. The van der Waals surface area contributed by atoms with Crippen LogP contribution in [0.1, 0.15) is 59.8 Å². The zero-order chi connectivity index (χ0) is 50.0. The Hall–Kier alpha value is -9.17. The van der Waals surface area contributed by atoms with Gasteiger partial charge in [-0.1, -0.05) is 0 Å². The smallest absolute Gasteiger partial charge is 0.339 e. The van der Waals surface area contributed by atoms with E-state index in [-0.39, 0.29) is 0 Å². The number of carbonyl (C=O) groups excluding carboxylic acids is 4. The normalized spacial score (nSPS) is 21.5. The topological polar surface area (TPSA) is 455 Å². The lowest BCUT2D eigenvalue weighted by Crippen LogP contribution is -2.59. The van der Waals surface area contributed by atoms with E-state index >= 15 is 0 Å². The molecule has 0 bridgehead atoms. The maximum absolute atomic E-state index is 14.5. The first-order valence-corrected chi connectivity index (χ1v) is 19.2. The number of phenols is 11. The maximum atomic E-state index is 14.5. The van der Waals surface area contributed by atoms with Crippen LogP contribution in [0.4, 0.5) is 0 Å². The molecule has 0 radical (unpaired) electrons. The number of hydrogen-bond acceptors (Lipinski definition) is 25. The van der Waals surface area contributed by atoms with Crippen molar-refractivity contribution in [1.29, 1.82) is 0 Å². The number of hydrogen-bond donors (Lipinski definition) is 16. The molecule has 2 heterocycles. The number of carboxylic acid groups (broad SMARTS) is 1. The summed E-state index contributed by atoms with van der Waals surface area (Å²) in [7, 11) is 0. The van der Waals surface area contributed by atoms with Gasteiger partial charge in [0.1, 0.15) is 30.1 Å². The summed E-state index contributed by atoms with van der Waals surface area (Å²) in [6.07, 6.45) is -10.7. The lowest BCUT2D eigenvalue weighted by Gasteiger charge is -2.43. The molecule has 1 saturated heterocycles. The highest BCUT2D eigenvalue weighted by Crippen LogP contribution is 2.53. The Bertz CT molecular complexity index is 2870. The van der Waals surface area contributed by atoms with Crippen molar-refractivity contribution in [3.8, 4) is 74.7 Å². The minimum Gasteiger partial charge on any atom is -0.508 e. The maximum Gasteiger partial charge on any atom is 0.339 e. The number of aliphatic hydroxyl groups is 4. The van der Waals surface area contributed by atoms with Crippen molar-refractivity contribution in [3.63, 3.8) is 0 Å². The minimum absolute atomic E-state index is 0.410. The van der Waals surface area contributed by atoms with Gasteiger partial charge in [0.15, 0.2) is 87.2 Å². The molecule has 1 fully saturated rings. The van der Waals surface area contributed by atoms with E-state index < -0.39 is 211 Å². The van der Waals surface area contributed by atoms with Crippen molar-refractivity contribution in [2.75, 3.05) is 6.61 Å². The highest BCUT2D eigenvalue weighted by Gasteiger charge is 2.53. The number of phenolic OH excluding ortho intramolecular Hbond substituents is 11. The number of aromatic carboxylic acids is 1. The third-order valence-electron chi connectivity index (χ3n) is 10.9. The molecule has 2 aliphatic heterocycles. The molecule has 26 nitrogen and oxygen atoms in total. The number of esters is 3. The summed E-state index contributed by atoms with van der Waals surface area (Å²) in [6, 6.07) is 3.51. The van der Waals surface area contributed by atoms with Crippen LogP contribution in [0.2, 0.25) is 0 Å². The lowest BCUT2D eigenvalue weighted by molar-refractivity contribution is -0.273. The SMILES string of the molecule is O=C(CC1C(O)OC2COC(=O)c3cc(Oc4c(C(=O)O)cc(O)c(O)c4O)c(O)c(O)c3C3=C(O)C(O)=C(O)CC3C(=O)OC2C1OC(=O)c1cc(O)c(O)c(O)c1)c1cc(O)c(O)c(O)c1. The van der Waals surface area contributed by atoms with E-state index in [4.69, 9.17) is 23.7 Å². The first kappa shape index (κ1) is 46.8. The Balaban J connectivity index is 1.37. The third-order valence-corrected chi connectivity index (χ3v) is 10.9. The summed E-state index contributed by atoms with van der Waals surface area (Å²) in [5.74, 6) is -31.2. The van der Waals surface area contributed by atoms with E-state index in [9.17, 15) is 106 Å². The van der Waals surface area contributed by atoms with Gasteiger partial charge in [-0.25, -0.2) is 14.4 Å². The molecular weight excluding hydrogens is 920 g/mol. The molecule has 3 aliphatic rings. The van der Waals surface area contributed by atoms with Gasteiger partial charge in [0.05, 0.1) is 23.0 Å². The van der Waals surface area contributed by atoms with Gasteiger partial charge in [-0.2, -0.15) is 0 Å². The molecule has 1 aliphatic carbocycles. The molecule has 7 rings (SSSR count). The van der Waals surface area contributed by atoms with Crippen LogP contribution in [0.3, 0.4) is 0 Å². The molecular formula is C42H34O26. The first-order chi connectivity index (χ1) is 31.9. The molecule has 6 unspecified atom stereocenters. The number of aliphatic hydroxyl groups excluding tert-OH is 4. The predicted molar refractivity (Wildman–Crippen MR) is 214 cm³/mol. The number of carboxylic acids is 1. The molecule has 68 heavy (non-hydrogen) atoms. The van der Waals surface area contributed by atoms with Crippen LogP contribution in [-0.4, -0.2) is 143 Å². The van der Waals surface area contributed by atoms with Crippen LogP contribution in [0.25, 0.3) is 5.57 Å². The van der Waals surface area contributed by atoms with Gasteiger partial charge < -0.3 is 105 Å². The van der Waals surface area contributed by atoms with Gasteiger partial charge in [-0.15, -0.1) is 0 Å². The van der Waals surface area contributed by atoms with Gasteiger partial charge in [0.25, 0.3) is 0 Å². The lowest BCUT2D eigenvalue weighted by atomic mass is 9.81. The van der Waals surface area contributed by atoms with Crippen LogP contribution in [0, 0.1) is 11.8 Å². The average molecular weight is 955 g/mol. The number of benzene rings is 4. The van der Waals surface area contributed by atoms with Crippen molar-refractivity contribution in [2.45, 2.75) is 37.4 Å². The van der Waals surface area contributed by atoms with Crippen LogP contribution in [0.15, 0.2) is 53.7 Å². The summed E-state index contributed by atoms with van der Waals surface area (Å²) in [4.78, 5) is 68.1. The fraction of sp³-hybridized carbons (Fsp3) is 0.214. The minimum atomic E-state index is -2.30. The second-order valence-electron chi connectivity index (χ2n) is 15.1. The van der Waals surface area contributed by atoms with Crippen LogP contribution < -0.4 is 4.74 Å². The quantitative estimate of drug-likeness (QED) is 0.0522. The molecule has 16 N–H and O–H groups in total. The largest absolute Gasteiger partial charge is 0.508 e. The number of carbonyl (C=O) groups is 5. The molecule has 358 valence electrons. The van der Waals surface area contributed by atoms with Crippen molar-refractivity contribution < 1.29 is 129 Å². The summed E-state index contributed by atoms with van der Waals surface area (Å²) in [5, 5.41) is 167. The Morgan fingerprint density at radius 2 is 1.25 bits per heavy atom. The Kier molecular flexibility index (Phi) is 11.9. The number of rotatable bonds is 8. The van der Waals surface area contributed by atoms with Crippen molar-refractivity contribution in [3.05, 3.63) is 81.5 Å². The predicted octanol–water partition coefficient (Wildman–Crippen LogP) is 2.47. The van der Waals surface area contributed by atoms with Crippen LogP contribution in [0.5, 0.6) is 74.7 Å². The zero-order valence-corrected chi connectivity index (χ0v) is 33.8. The fourth-order valence-electron chi connectivity index (χ4n) is 7.55. The zero-order valence-electron chi connectivity index (χ0n) is 33.8. The van der Waals surface area contributed by atoms with Crippen LogP contribution >= 0.6 is 0 Å². The number of cyclic esters (lactones) is 1. The Morgan fingerprint density at radius 3 is 1.84 bits per heavy atom. The second kappa shape index (κ2) is 17.3. The summed E-state index contributed by atoms with van der Waals surface area (Å²) < 4.78 is 27.8. The molecule has 4 aromatic rings. The molecule has 0 saturated carbocycles. The molecule has 0 spiro atoms. The van der Waals surface area contributed by atoms with Gasteiger partial charge in [0, 0.05) is 41.7 Å². The van der Waals surface area contributed by atoms with Crippen molar-refractivity contribution in [1.82, 2.24) is 0 Å². The standard InChI is InChI=1S/C42H34O26/c43-16(10-1-17(44)27(50)18(45)2-10)7-15-36(67-39(60)11-3-19(46)28(51)20(47)4-11)37-24(66-42(15)63)9-64-40(61)13-8-23(65-35-14(38(58)59)6-22(49)30(53)34(35)57)31(54)33(56)26(13)25-12(41(62)68-37)5-21(48)29(52)32(25)55/h1-4,6,8,12,15,24,36-37,42,44-57,63H,5,7,9H2,(H,58,59). The highest BCUT2D eigenvalue weighted by molar-refractivity contribution is 6.03. The Morgan fingerprint density at radius 1 is 0.676 bits per heavy atom. The number of allylic oxidation sites excluding steroid dienone is 1. The van der Waals surface area contributed by atoms with E-state index in [0.29, 0.717) is 36.4 Å². The van der Waals surface area contributed by atoms with Crippen molar-refractivity contribution >= 4 is 35.2 Å². The van der Waals surface area contributed by atoms with Gasteiger partial charge in [-0.05, 0) is 24.3 Å². The number of ketones is 1. The van der Waals surface area contributed by atoms with Gasteiger partial charge >= 0.3 is 23.9 Å². The molecule has 0 aromatic heterocycles. The van der Waals surface area contributed by atoms with E-state index in [1.165, 1.54) is 0 Å². The number of fused-ring (bicyclic) bond motifs is 4. The molecule has 4 aromatic carbocycles. The fourth-order valence-corrected chi connectivity index (χ4v) is 7.55. The van der Waals surface area contributed by atoms with E-state index in [1.54, 1.807) is 0 Å². The van der Waals surface area contributed by atoms with Crippen molar-refractivity contribution in [2.24, 2.45) is 11.8 Å². The van der Waals surface area contributed by atoms with E-state index in [0.717, 1.165) is 0 Å². The third kappa shape index (κ3) is 8.11. The highest BCUT2D eigenvalue weighted by atomic mass is 16.7. The monoisotopic (exact) mass is 954 g/mol.